The molecule has 18 heavy (non-hydrogen) atoms. The predicted molar refractivity (Wildman–Crippen MR) is 78.8 cm³/mol. The first-order chi connectivity index (χ1) is 8.58. The van der Waals surface area contributed by atoms with Crippen molar-refractivity contribution in [3.8, 4) is 0 Å². The SMILES string of the molecule is Cc1cccc(CCNC(N)=NCCC(C)C)c1. The fourth-order valence-electron chi connectivity index (χ4n) is 1.70. The summed E-state index contributed by atoms with van der Waals surface area (Å²) in [5.74, 6) is 1.23. The van der Waals surface area contributed by atoms with Gasteiger partial charge in [-0.15, -0.1) is 0 Å². The number of rotatable bonds is 6. The van der Waals surface area contributed by atoms with E-state index >= 15 is 0 Å². The van der Waals surface area contributed by atoms with E-state index in [1.54, 1.807) is 0 Å². The fraction of sp³-hybridized carbons (Fsp3) is 0.533. The van der Waals surface area contributed by atoms with Crippen LogP contribution in [0, 0.1) is 12.8 Å². The van der Waals surface area contributed by atoms with Crippen LogP contribution in [0.15, 0.2) is 29.3 Å². The van der Waals surface area contributed by atoms with Gasteiger partial charge in [-0.1, -0.05) is 43.7 Å². The van der Waals surface area contributed by atoms with Gasteiger partial charge in [-0.25, -0.2) is 0 Å². The summed E-state index contributed by atoms with van der Waals surface area (Å²) in [6.45, 7) is 8.13. The molecule has 0 fully saturated rings. The van der Waals surface area contributed by atoms with E-state index in [1.807, 2.05) is 0 Å². The molecule has 3 nitrogen and oxygen atoms in total. The van der Waals surface area contributed by atoms with Gasteiger partial charge in [0.2, 0.25) is 0 Å². The van der Waals surface area contributed by atoms with Crippen LogP contribution in [0.1, 0.15) is 31.4 Å². The number of benzene rings is 1. The van der Waals surface area contributed by atoms with Crippen molar-refractivity contribution in [1.82, 2.24) is 5.32 Å². The molecule has 3 N–H and O–H groups in total. The van der Waals surface area contributed by atoms with Crippen LogP contribution in [0.25, 0.3) is 0 Å². The average Bonchev–Trinajstić information content (AvgIpc) is 2.28. The molecular weight excluding hydrogens is 222 g/mol. The Morgan fingerprint density at radius 3 is 2.83 bits per heavy atom. The van der Waals surface area contributed by atoms with E-state index in [1.165, 1.54) is 11.1 Å². The summed E-state index contributed by atoms with van der Waals surface area (Å²) in [6.07, 6.45) is 2.06. The second kappa shape index (κ2) is 7.75. The molecule has 0 bridgehead atoms. The number of hydrogen-bond acceptors (Lipinski definition) is 1. The van der Waals surface area contributed by atoms with Gasteiger partial charge in [0, 0.05) is 13.1 Å². The van der Waals surface area contributed by atoms with Gasteiger partial charge in [-0.05, 0) is 31.2 Å². The van der Waals surface area contributed by atoms with Crippen molar-refractivity contribution in [2.45, 2.75) is 33.6 Å². The minimum Gasteiger partial charge on any atom is -0.370 e. The van der Waals surface area contributed by atoms with E-state index in [4.69, 9.17) is 5.73 Å². The molecule has 1 aromatic rings. The molecule has 0 aliphatic rings. The van der Waals surface area contributed by atoms with Crippen molar-refractivity contribution in [1.29, 1.82) is 0 Å². The van der Waals surface area contributed by atoms with Gasteiger partial charge in [0.25, 0.3) is 0 Å². The summed E-state index contributed by atoms with van der Waals surface area (Å²) < 4.78 is 0. The summed E-state index contributed by atoms with van der Waals surface area (Å²) in [4.78, 5) is 4.30. The Morgan fingerprint density at radius 2 is 2.17 bits per heavy atom. The summed E-state index contributed by atoms with van der Waals surface area (Å²) in [6, 6.07) is 8.54. The van der Waals surface area contributed by atoms with Crippen molar-refractivity contribution in [3.63, 3.8) is 0 Å². The highest BCUT2D eigenvalue weighted by Gasteiger charge is 1.96. The quantitative estimate of drug-likeness (QED) is 0.599. The Balaban J connectivity index is 2.24. The smallest absolute Gasteiger partial charge is 0.188 e. The molecule has 0 atom stereocenters. The van der Waals surface area contributed by atoms with E-state index in [9.17, 15) is 0 Å². The van der Waals surface area contributed by atoms with Crippen LogP contribution in [-0.4, -0.2) is 19.0 Å². The monoisotopic (exact) mass is 247 g/mol. The van der Waals surface area contributed by atoms with Crippen LogP contribution in [0.5, 0.6) is 0 Å². The molecule has 0 amide bonds. The number of aryl methyl sites for hydroxylation is 1. The molecule has 0 unspecified atom stereocenters. The van der Waals surface area contributed by atoms with E-state index in [2.05, 4.69) is 55.3 Å². The van der Waals surface area contributed by atoms with Crippen molar-refractivity contribution in [3.05, 3.63) is 35.4 Å². The molecule has 100 valence electrons. The van der Waals surface area contributed by atoms with Gasteiger partial charge in [0.15, 0.2) is 5.96 Å². The number of hydrogen-bond donors (Lipinski definition) is 2. The molecule has 0 saturated carbocycles. The minimum atomic E-state index is 0.559. The zero-order valence-corrected chi connectivity index (χ0v) is 11.7. The summed E-state index contributed by atoms with van der Waals surface area (Å²) in [5, 5.41) is 3.15. The molecule has 1 aromatic carbocycles. The maximum atomic E-state index is 5.79. The maximum Gasteiger partial charge on any atom is 0.188 e. The molecule has 0 heterocycles. The molecule has 0 radical (unpaired) electrons. The Hall–Kier alpha value is -1.51. The first-order valence-corrected chi connectivity index (χ1v) is 6.67. The first-order valence-electron chi connectivity index (χ1n) is 6.67. The van der Waals surface area contributed by atoms with Crippen LogP contribution in [-0.2, 0) is 6.42 Å². The third-order valence-electron chi connectivity index (χ3n) is 2.79. The Kier molecular flexibility index (Phi) is 6.26. The third-order valence-corrected chi connectivity index (χ3v) is 2.79. The normalized spacial score (nSPS) is 11.9. The Bertz CT molecular complexity index is 383. The number of nitrogens with one attached hydrogen (secondary N) is 1. The number of aliphatic imine (C=N–C) groups is 1. The second-order valence-electron chi connectivity index (χ2n) is 5.12. The lowest BCUT2D eigenvalue weighted by Crippen LogP contribution is -2.33. The largest absolute Gasteiger partial charge is 0.370 e. The van der Waals surface area contributed by atoms with Gasteiger partial charge in [0.05, 0.1) is 0 Å². The van der Waals surface area contributed by atoms with Crippen LogP contribution in [0.2, 0.25) is 0 Å². The lowest BCUT2D eigenvalue weighted by molar-refractivity contribution is 0.595. The molecule has 0 aliphatic carbocycles. The van der Waals surface area contributed by atoms with Crippen molar-refractivity contribution in [2.75, 3.05) is 13.1 Å². The van der Waals surface area contributed by atoms with Gasteiger partial charge >= 0.3 is 0 Å². The van der Waals surface area contributed by atoms with Gasteiger partial charge in [0.1, 0.15) is 0 Å². The molecular formula is C15H25N3. The zero-order chi connectivity index (χ0) is 13.4. The highest BCUT2D eigenvalue weighted by Crippen LogP contribution is 2.03. The lowest BCUT2D eigenvalue weighted by Gasteiger charge is -2.07. The van der Waals surface area contributed by atoms with Crippen molar-refractivity contribution in [2.24, 2.45) is 16.6 Å². The van der Waals surface area contributed by atoms with Crippen LogP contribution in [0.3, 0.4) is 0 Å². The van der Waals surface area contributed by atoms with E-state index < -0.39 is 0 Å². The van der Waals surface area contributed by atoms with Gasteiger partial charge in [-0.2, -0.15) is 0 Å². The summed E-state index contributed by atoms with van der Waals surface area (Å²) >= 11 is 0. The standard InChI is InChI=1S/C15H25N3/c1-12(2)7-9-17-15(16)18-10-8-14-6-4-5-13(3)11-14/h4-6,11-12H,7-10H2,1-3H3,(H3,16,17,18). The number of nitrogens with two attached hydrogens (primary N) is 1. The molecule has 1 rings (SSSR count). The Morgan fingerprint density at radius 1 is 1.39 bits per heavy atom. The molecule has 3 heteroatoms. The van der Waals surface area contributed by atoms with Crippen LogP contribution in [0.4, 0.5) is 0 Å². The molecule has 0 aliphatic heterocycles. The lowest BCUT2D eigenvalue weighted by atomic mass is 10.1. The minimum absolute atomic E-state index is 0.559. The predicted octanol–water partition coefficient (Wildman–Crippen LogP) is 2.49. The fourth-order valence-corrected chi connectivity index (χ4v) is 1.70. The molecule has 0 spiro atoms. The summed E-state index contributed by atoms with van der Waals surface area (Å²) in [5.41, 5.74) is 8.42. The first kappa shape index (κ1) is 14.6. The second-order valence-corrected chi connectivity index (χ2v) is 5.12. The van der Waals surface area contributed by atoms with E-state index in [0.29, 0.717) is 11.9 Å². The topological polar surface area (TPSA) is 50.4 Å². The van der Waals surface area contributed by atoms with Gasteiger partial charge < -0.3 is 11.1 Å². The maximum absolute atomic E-state index is 5.79. The molecule has 0 aromatic heterocycles. The summed E-state index contributed by atoms with van der Waals surface area (Å²) in [7, 11) is 0. The zero-order valence-electron chi connectivity index (χ0n) is 11.7. The number of guanidine groups is 1. The van der Waals surface area contributed by atoms with Gasteiger partial charge in [-0.3, -0.25) is 4.99 Å². The van der Waals surface area contributed by atoms with Crippen LogP contribution < -0.4 is 11.1 Å². The Labute approximate surface area is 111 Å². The van der Waals surface area contributed by atoms with E-state index in [0.717, 1.165) is 25.9 Å². The van der Waals surface area contributed by atoms with E-state index in [-0.39, 0.29) is 0 Å². The average molecular weight is 247 g/mol. The highest BCUT2D eigenvalue weighted by molar-refractivity contribution is 5.77. The van der Waals surface area contributed by atoms with Crippen molar-refractivity contribution >= 4 is 5.96 Å². The highest BCUT2D eigenvalue weighted by atomic mass is 15.1. The number of nitrogens with zero attached hydrogens (tertiary/aromatic N) is 1. The third kappa shape index (κ3) is 6.28. The van der Waals surface area contributed by atoms with Crippen molar-refractivity contribution < 1.29 is 0 Å². The van der Waals surface area contributed by atoms with Crippen LogP contribution >= 0.6 is 0 Å². The molecule has 0 saturated heterocycles.